The minimum atomic E-state index is -0.289. The third-order valence-corrected chi connectivity index (χ3v) is 4.19. The average molecular weight is 355 g/mol. The second kappa shape index (κ2) is 7.25. The average Bonchev–Trinajstić information content (AvgIpc) is 2.71. The van der Waals surface area contributed by atoms with Gasteiger partial charge in [-0.15, -0.1) is 0 Å². The van der Waals surface area contributed by atoms with Crippen LogP contribution in [-0.2, 0) is 0 Å². The quantitative estimate of drug-likeness (QED) is 0.560. The van der Waals surface area contributed by atoms with E-state index in [4.69, 9.17) is 4.74 Å². The molecule has 27 heavy (non-hydrogen) atoms. The van der Waals surface area contributed by atoms with Gasteiger partial charge in [0.15, 0.2) is 0 Å². The van der Waals surface area contributed by atoms with Crippen LogP contribution >= 0.6 is 0 Å². The molecule has 0 bridgehead atoms. The Bertz CT molecular complexity index is 1110. The molecule has 0 radical (unpaired) electrons. The second-order valence-corrected chi connectivity index (χ2v) is 6.05. The van der Waals surface area contributed by atoms with Gasteiger partial charge in [-0.3, -0.25) is 9.78 Å². The second-order valence-electron chi connectivity index (χ2n) is 6.05. The first-order valence-electron chi connectivity index (χ1n) is 8.56. The summed E-state index contributed by atoms with van der Waals surface area (Å²) in [5.74, 6) is 0.592. The summed E-state index contributed by atoms with van der Waals surface area (Å²) in [7, 11) is 0. The Hall–Kier alpha value is -3.73. The molecule has 0 fully saturated rings. The summed E-state index contributed by atoms with van der Waals surface area (Å²) in [5.41, 5.74) is 2.97. The smallest absolute Gasteiger partial charge is 0.261 e. The van der Waals surface area contributed by atoms with Gasteiger partial charge in [0.25, 0.3) is 5.91 Å². The number of para-hydroxylation sites is 1. The zero-order valence-corrected chi connectivity index (χ0v) is 14.7. The molecule has 1 N–H and O–H groups in total. The number of ether oxygens (including phenoxy) is 1. The molecule has 0 aliphatic carbocycles. The molecule has 5 heteroatoms. The molecular formula is C22H17N3O2. The van der Waals surface area contributed by atoms with Crippen LogP contribution in [0.5, 0.6) is 11.6 Å². The van der Waals surface area contributed by atoms with E-state index in [1.54, 1.807) is 24.5 Å². The molecule has 1 amide bonds. The van der Waals surface area contributed by atoms with Crippen molar-refractivity contribution in [2.24, 2.45) is 0 Å². The Morgan fingerprint density at radius 1 is 0.889 bits per heavy atom. The first kappa shape index (κ1) is 16.7. The molecule has 0 saturated carbocycles. The van der Waals surface area contributed by atoms with Crippen LogP contribution in [0.3, 0.4) is 0 Å². The van der Waals surface area contributed by atoms with Gasteiger partial charge in [-0.1, -0.05) is 24.3 Å². The largest absolute Gasteiger partial charge is 0.438 e. The van der Waals surface area contributed by atoms with Crippen molar-refractivity contribution in [2.75, 3.05) is 5.32 Å². The molecule has 0 atom stereocenters. The predicted octanol–water partition coefficient (Wildman–Crippen LogP) is 4.98. The number of rotatable bonds is 4. The monoisotopic (exact) mass is 355 g/mol. The maximum Gasteiger partial charge on any atom is 0.261 e. The van der Waals surface area contributed by atoms with E-state index in [9.17, 15) is 4.79 Å². The Balaban J connectivity index is 1.66. The van der Waals surface area contributed by atoms with Gasteiger partial charge in [0, 0.05) is 17.8 Å². The van der Waals surface area contributed by atoms with E-state index in [0.29, 0.717) is 17.0 Å². The molecule has 2 aromatic heterocycles. The van der Waals surface area contributed by atoms with Crippen molar-refractivity contribution in [1.82, 2.24) is 9.97 Å². The van der Waals surface area contributed by atoms with E-state index < -0.39 is 0 Å². The molecular weight excluding hydrogens is 338 g/mol. The lowest BCUT2D eigenvalue weighted by Crippen LogP contribution is -2.14. The van der Waals surface area contributed by atoms with Crippen molar-refractivity contribution in [3.05, 3.63) is 90.3 Å². The molecule has 2 aromatic carbocycles. The number of amides is 1. The lowest BCUT2D eigenvalue weighted by Gasteiger charge is -2.12. The standard InChI is InChI=1S/C22H17N3O2/c1-15-11-12-19(17-9-5-13-23-20(15)17)25-21(26)18-10-6-14-24-22(18)27-16-7-3-2-4-8-16/h2-14H,1H3,(H,25,26). The van der Waals surface area contributed by atoms with Gasteiger partial charge in [0.2, 0.25) is 5.88 Å². The van der Waals surface area contributed by atoms with Crippen LogP contribution in [0.2, 0.25) is 0 Å². The van der Waals surface area contributed by atoms with Crippen LogP contribution in [0.25, 0.3) is 10.9 Å². The van der Waals surface area contributed by atoms with Crippen molar-refractivity contribution in [2.45, 2.75) is 6.92 Å². The number of fused-ring (bicyclic) bond motifs is 1. The topological polar surface area (TPSA) is 64.1 Å². The van der Waals surface area contributed by atoms with Gasteiger partial charge in [-0.25, -0.2) is 4.98 Å². The van der Waals surface area contributed by atoms with Crippen molar-refractivity contribution in [3.8, 4) is 11.6 Å². The number of pyridine rings is 2. The number of aryl methyl sites for hydroxylation is 1. The fourth-order valence-electron chi connectivity index (χ4n) is 2.86. The highest BCUT2D eigenvalue weighted by molar-refractivity contribution is 6.10. The maximum absolute atomic E-state index is 12.9. The minimum Gasteiger partial charge on any atom is -0.438 e. The molecule has 2 heterocycles. The highest BCUT2D eigenvalue weighted by Gasteiger charge is 2.16. The van der Waals surface area contributed by atoms with E-state index >= 15 is 0 Å². The zero-order valence-electron chi connectivity index (χ0n) is 14.7. The molecule has 0 aliphatic rings. The highest BCUT2D eigenvalue weighted by Crippen LogP contribution is 2.27. The van der Waals surface area contributed by atoms with Gasteiger partial charge in [0.1, 0.15) is 11.3 Å². The lowest BCUT2D eigenvalue weighted by atomic mass is 10.1. The normalized spacial score (nSPS) is 10.6. The summed E-state index contributed by atoms with van der Waals surface area (Å²) >= 11 is 0. The zero-order chi connectivity index (χ0) is 18.6. The van der Waals surface area contributed by atoms with Gasteiger partial charge in [-0.2, -0.15) is 0 Å². The summed E-state index contributed by atoms with van der Waals surface area (Å²) in [6.45, 7) is 1.99. The van der Waals surface area contributed by atoms with Gasteiger partial charge in [0.05, 0.1) is 11.2 Å². The predicted molar refractivity (Wildman–Crippen MR) is 105 cm³/mol. The van der Waals surface area contributed by atoms with E-state index in [2.05, 4.69) is 15.3 Å². The minimum absolute atomic E-state index is 0.260. The van der Waals surface area contributed by atoms with Crippen LogP contribution in [-0.4, -0.2) is 15.9 Å². The molecule has 5 nitrogen and oxygen atoms in total. The Morgan fingerprint density at radius 2 is 1.67 bits per heavy atom. The lowest BCUT2D eigenvalue weighted by molar-refractivity contribution is 0.102. The van der Waals surface area contributed by atoms with Crippen molar-refractivity contribution in [1.29, 1.82) is 0 Å². The van der Waals surface area contributed by atoms with E-state index in [0.717, 1.165) is 16.5 Å². The number of benzene rings is 2. The first-order chi connectivity index (χ1) is 13.2. The van der Waals surface area contributed by atoms with Crippen molar-refractivity contribution >= 4 is 22.5 Å². The van der Waals surface area contributed by atoms with E-state index in [-0.39, 0.29) is 11.8 Å². The van der Waals surface area contributed by atoms with Gasteiger partial charge < -0.3 is 10.1 Å². The number of nitrogens with one attached hydrogen (secondary N) is 1. The number of carbonyl (C=O) groups excluding carboxylic acids is 1. The van der Waals surface area contributed by atoms with Crippen molar-refractivity contribution < 1.29 is 9.53 Å². The summed E-state index contributed by atoms with van der Waals surface area (Å²) in [5, 5.41) is 3.84. The van der Waals surface area contributed by atoms with Gasteiger partial charge in [-0.05, 0) is 55.0 Å². The van der Waals surface area contributed by atoms with E-state index in [1.807, 2.05) is 61.5 Å². The van der Waals surface area contributed by atoms with Crippen molar-refractivity contribution in [3.63, 3.8) is 0 Å². The third kappa shape index (κ3) is 3.48. The molecule has 0 saturated heterocycles. The SMILES string of the molecule is Cc1ccc(NC(=O)c2cccnc2Oc2ccccc2)c2cccnc12. The molecule has 0 unspecified atom stereocenters. The molecule has 4 rings (SSSR count). The van der Waals surface area contributed by atoms with Crippen LogP contribution in [0.15, 0.2) is 79.1 Å². The van der Waals surface area contributed by atoms with Crippen LogP contribution in [0, 0.1) is 6.92 Å². The van der Waals surface area contributed by atoms with Gasteiger partial charge >= 0.3 is 0 Å². The molecule has 0 spiro atoms. The summed E-state index contributed by atoms with van der Waals surface area (Å²) < 4.78 is 5.79. The Morgan fingerprint density at radius 3 is 2.52 bits per heavy atom. The number of nitrogens with zero attached hydrogens (tertiary/aromatic N) is 2. The molecule has 4 aromatic rings. The van der Waals surface area contributed by atoms with Crippen LogP contribution in [0.4, 0.5) is 5.69 Å². The number of aromatic nitrogens is 2. The fourth-order valence-corrected chi connectivity index (χ4v) is 2.86. The highest BCUT2D eigenvalue weighted by atomic mass is 16.5. The van der Waals surface area contributed by atoms with Crippen LogP contribution < -0.4 is 10.1 Å². The third-order valence-electron chi connectivity index (χ3n) is 4.19. The Kier molecular flexibility index (Phi) is 4.49. The number of hydrogen-bond acceptors (Lipinski definition) is 4. The van der Waals surface area contributed by atoms with E-state index in [1.165, 1.54) is 0 Å². The maximum atomic E-state index is 12.9. The molecule has 0 aliphatic heterocycles. The van der Waals surface area contributed by atoms with Crippen LogP contribution in [0.1, 0.15) is 15.9 Å². The number of hydrogen-bond donors (Lipinski definition) is 1. The fraction of sp³-hybridized carbons (Fsp3) is 0.0455. The molecule has 132 valence electrons. The summed E-state index contributed by atoms with van der Waals surface area (Å²) in [6.07, 6.45) is 3.34. The first-order valence-corrected chi connectivity index (χ1v) is 8.56. The summed E-state index contributed by atoms with van der Waals surface area (Å²) in [6, 6.07) is 20.3. The number of anilines is 1. The summed E-state index contributed by atoms with van der Waals surface area (Å²) in [4.78, 5) is 21.5. The number of carbonyl (C=O) groups is 1. The Labute approximate surface area is 156 Å².